The maximum atomic E-state index is 12.8. The van der Waals surface area contributed by atoms with Crippen molar-refractivity contribution in [2.75, 3.05) is 5.73 Å². The first-order valence-corrected chi connectivity index (χ1v) is 9.67. The van der Waals surface area contributed by atoms with Crippen LogP contribution in [0.15, 0.2) is 47.3 Å². The summed E-state index contributed by atoms with van der Waals surface area (Å²) in [7, 11) is 1.84. The Morgan fingerprint density at radius 3 is 2.64 bits per heavy atom. The van der Waals surface area contributed by atoms with Gasteiger partial charge < -0.3 is 5.73 Å². The van der Waals surface area contributed by atoms with Crippen molar-refractivity contribution in [1.82, 2.24) is 19.3 Å². The van der Waals surface area contributed by atoms with Gasteiger partial charge in [0.15, 0.2) is 5.82 Å². The van der Waals surface area contributed by atoms with Crippen LogP contribution >= 0.6 is 0 Å². The van der Waals surface area contributed by atoms with Crippen molar-refractivity contribution in [2.45, 2.75) is 32.2 Å². The molecule has 2 aromatic carbocycles. The van der Waals surface area contributed by atoms with Gasteiger partial charge >= 0.3 is 5.69 Å². The molecule has 0 radical (unpaired) electrons. The SMILES string of the molecule is Cc1cccc(-c2[nH]nc(N)c2-c2ccc3c(c2)n(C)c(=O)n3C2CCC2)c1. The quantitative estimate of drug-likeness (QED) is 0.569. The molecule has 3 N–H and O–H groups in total. The highest BCUT2D eigenvalue weighted by Gasteiger charge is 2.25. The average molecular weight is 373 g/mol. The molecule has 0 atom stereocenters. The summed E-state index contributed by atoms with van der Waals surface area (Å²) in [6.07, 6.45) is 3.34. The lowest BCUT2D eigenvalue weighted by Gasteiger charge is -2.26. The number of hydrogen-bond acceptors (Lipinski definition) is 3. The Hall–Kier alpha value is -3.28. The normalized spacial score (nSPS) is 14.5. The molecule has 0 spiro atoms. The molecule has 2 heterocycles. The Bertz CT molecular complexity index is 1260. The van der Waals surface area contributed by atoms with Gasteiger partial charge in [0.1, 0.15) is 0 Å². The molecule has 0 aliphatic heterocycles. The van der Waals surface area contributed by atoms with Crippen molar-refractivity contribution in [3.63, 3.8) is 0 Å². The van der Waals surface area contributed by atoms with Crippen molar-refractivity contribution in [3.8, 4) is 22.4 Å². The summed E-state index contributed by atoms with van der Waals surface area (Å²) in [6, 6.07) is 14.7. The van der Waals surface area contributed by atoms with Crippen LogP contribution in [0.1, 0.15) is 30.9 Å². The van der Waals surface area contributed by atoms with E-state index in [2.05, 4.69) is 29.3 Å². The van der Waals surface area contributed by atoms with Gasteiger partial charge in [-0.15, -0.1) is 0 Å². The zero-order valence-electron chi connectivity index (χ0n) is 16.1. The van der Waals surface area contributed by atoms with E-state index >= 15 is 0 Å². The molecule has 142 valence electrons. The number of nitrogen functional groups attached to an aromatic ring is 1. The van der Waals surface area contributed by atoms with Crippen molar-refractivity contribution in [3.05, 3.63) is 58.5 Å². The van der Waals surface area contributed by atoms with Gasteiger partial charge in [0.25, 0.3) is 0 Å². The number of rotatable bonds is 3. The molecule has 6 nitrogen and oxygen atoms in total. The van der Waals surface area contributed by atoms with Gasteiger partial charge in [-0.3, -0.25) is 14.2 Å². The Labute approximate surface area is 162 Å². The fourth-order valence-corrected chi connectivity index (χ4v) is 4.17. The van der Waals surface area contributed by atoms with E-state index in [1.165, 1.54) is 12.0 Å². The lowest BCUT2D eigenvalue weighted by molar-refractivity contribution is 0.312. The van der Waals surface area contributed by atoms with Gasteiger partial charge in [-0.05, 0) is 49.9 Å². The van der Waals surface area contributed by atoms with Crippen LogP contribution in [-0.4, -0.2) is 19.3 Å². The van der Waals surface area contributed by atoms with Crippen LogP contribution < -0.4 is 11.4 Å². The number of hydrogen-bond donors (Lipinski definition) is 2. The summed E-state index contributed by atoms with van der Waals surface area (Å²) >= 11 is 0. The molecule has 0 saturated heterocycles. The molecule has 1 saturated carbocycles. The topological polar surface area (TPSA) is 81.6 Å². The van der Waals surface area contributed by atoms with E-state index in [1.807, 2.05) is 41.9 Å². The van der Waals surface area contributed by atoms with Gasteiger partial charge in [-0.1, -0.05) is 29.8 Å². The number of H-pyrrole nitrogens is 1. The summed E-state index contributed by atoms with van der Waals surface area (Å²) in [5, 5.41) is 7.34. The molecule has 28 heavy (non-hydrogen) atoms. The highest BCUT2D eigenvalue weighted by atomic mass is 16.1. The van der Waals surface area contributed by atoms with E-state index in [0.717, 1.165) is 46.3 Å². The Morgan fingerprint density at radius 1 is 1.11 bits per heavy atom. The predicted molar refractivity (Wildman–Crippen MR) is 112 cm³/mol. The van der Waals surface area contributed by atoms with E-state index in [4.69, 9.17) is 5.73 Å². The van der Waals surface area contributed by atoms with Crippen molar-refractivity contribution < 1.29 is 0 Å². The third kappa shape index (κ3) is 2.41. The number of anilines is 1. The first-order valence-electron chi connectivity index (χ1n) is 9.67. The number of aromatic amines is 1. The van der Waals surface area contributed by atoms with E-state index in [1.54, 1.807) is 4.57 Å². The van der Waals surface area contributed by atoms with E-state index < -0.39 is 0 Å². The molecule has 6 heteroatoms. The molecule has 0 bridgehead atoms. The van der Waals surface area contributed by atoms with E-state index in [0.29, 0.717) is 11.9 Å². The van der Waals surface area contributed by atoms with Crippen LogP contribution in [0.5, 0.6) is 0 Å². The molecular formula is C22H23N5O. The van der Waals surface area contributed by atoms with Crippen LogP contribution in [0, 0.1) is 6.92 Å². The lowest BCUT2D eigenvalue weighted by Crippen LogP contribution is -2.29. The molecule has 1 aliphatic carbocycles. The molecule has 2 aromatic heterocycles. The number of nitrogens with one attached hydrogen (secondary N) is 1. The molecule has 1 aliphatic rings. The first kappa shape index (κ1) is 16.9. The number of nitrogens with zero attached hydrogens (tertiary/aromatic N) is 3. The van der Waals surface area contributed by atoms with Gasteiger partial charge in [-0.25, -0.2) is 4.79 Å². The van der Waals surface area contributed by atoms with E-state index in [-0.39, 0.29) is 5.69 Å². The molecule has 5 rings (SSSR count). The zero-order chi connectivity index (χ0) is 19.4. The summed E-state index contributed by atoms with van der Waals surface area (Å²) in [5.74, 6) is 0.458. The minimum absolute atomic E-state index is 0.0518. The molecule has 0 amide bonds. The third-order valence-corrected chi connectivity index (χ3v) is 5.92. The summed E-state index contributed by atoms with van der Waals surface area (Å²) in [5.41, 5.74) is 13.1. The van der Waals surface area contributed by atoms with Crippen molar-refractivity contribution in [2.24, 2.45) is 7.05 Å². The summed E-state index contributed by atoms with van der Waals surface area (Å²) in [6.45, 7) is 2.06. The lowest BCUT2D eigenvalue weighted by atomic mass is 9.92. The number of benzene rings is 2. The fourth-order valence-electron chi connectivity index (χ4n) is 4.17. The summed E-state index contributed by atoms with van der Waals surface area (Å²) < 4.78 is 3.68. The average Bonchev–Trinajstić information content (AvgIpc) is 3.14. The smallest absolute Gasteiger partial charge is 0.329 e. The minimum atomic E-state index is 0.0518. The molecule has 4 aromatic rings. The second kappa shape index (κ2) is 6.12. The van der Waals surface area contributed by atoms with Gasteiger partial charge in [0.2, 0.25) is 0 Å². The highest BCUT2D eigenvalue weighted by Crippen LogP contribution is 2.37. The van der Waals surface area contributed by atoms with Crippen LogP contribution in [-0.2, 0) is 7.05 Å². The Kier molecular flexibility index (Phi) is 3.69. The maximum absolute atomic E-state index is 12.8. The number of aryl methyl sites for hydroxylation is 2. The van der Waals surface area contributed by atoms with Crippen LogP contribution in [0.3, 0.4) is 0 Å². The van der Waals surface area contributed by atoms with Crippen molar-refractivity contribution >= 4 is 16.9 Å². The minimum Gasteiger partial charge on any atom is -0.382 e. The standard InChI is InChI=1S/C22H23N5O/c1-13-5-3-6-15(11-13)20-19(21(23)25-24-20)14-9-10-17-18(12-14)26(2)22(28)27(17)16-7-4-8-16/h3,5-6,9-12,16H,4,7-8H2,1-2H3,(H3,23,24,25). The first-order chi connectivity index (χ1) is 13.5. The number of fused-ring (bicyclic) bond motifs is 1. The van der Waals surface area contributed by atoms with Gasteiger partial charge in [0, 0.05) is 18.7 Å². The van der Waals surface area contributed by atoms with Gasteiger partial charge in [-0.2, -0.15) is 5.10 Å². The predicted octanol–water partition coefficient (Wildman–Crippen LogP) is 4.01. The number of nitrogens with two attached hydrogens (primary N) is 1. The monoisotopic (exact) mass is 373 g/mol. The van der Waals surface area contributed by atoms with Crippen LogP contribution in [0.2, 0.25) is 0 Å². The Balaban J connectivity index is 1.70. The second-order valence-electron chi connectivity index (χ2n) is 7.73. The maximum Gasteiger partial charge on any atom is 0.329 e. The Morgan fingerprint density at radius 2 is 1.93 bits per heavy atom. The molecule has 1 fully saturated rings. The number of imidazole rings is 1. The third-order valence-electron chi connectivity index (χ3n) is 5.92. The molecular weight excluding hydrogens is 350 g/mol. The summed E-state index contributed by atoms with van der Waals surface area (Å²) in [4.78, 5) is 12.8. The second-order valence-corrected chi connectivity index (χ2v) is 7.73. The van der Waals surface area contributed by atoms with E-state index in [9.17, 15) is 4.79 Å². The number of aromatic nitrogens is 4. The van der Waals surface area contributed by atoms with Crippen LogP contribution in [0.25, 0.3) is 33.4 Å². The van der Waals surface area contributed by atoms with Crippen molar-refractivity contribution in [1.29, 1.82) is 0 Å². The van der Waals surface area contributed by atoms with Crippen LogP contribution in [0.4, 0.5) is 5.82 Å². The molecule has 0 unspecified atom stereocenters. The fraction of sp³-hybridized carbons (Fsp3) is 0.273. The van der Waals surface area contributed by atoms with Gasteiger partial charge in [0.05, 0.1) is 22.3 Å². The highest BCUT2D eigenvalue weighted by molar-refractivity contribution is 5.92. The zero-order valence-corrected chi connectivity index (χ0v) is 16.1. The largest absolute Gasteiger partial charge is 0.382 e.